The molecule has 0 fully saturated rings. The molecule has 0 unspecified atom stereocenters. The first kappa shape index (κ1) is 11.0. The first-order valence-electron chi connectivity index (χ1n) is 3.82. The van der Waals surface area contributed by atoms with Gasteiger partial charge in [-0.1, -0.05) is 28.7 Å². The number of halogens is 1. The number of carboxylic acids is 1. The quantitative estimate of drug-likeness (QED) is 0.660. The molecule has 1 rings (SSSR count). The molecule has 4 nitrogen and oxygen atoms in total. The number of rotatable bonds is 3. The monoisotopic (exact) mass is 305 g/mol. The molecule has 74 valence electrons. The highest BCUT2D eigenvalue weighted by Gasteiger charge is 2.04. The maximum Gasteiger partial charge on any atom is 0.335 e. The number of carbonyl (C=O) groups excluding carboxylic acids is 1. The summed E-state index contributed by atoms with van der Waals surface area (Å²) < 4.78 is 0.342. The summed E-state index contributed by atoms with van der Waals surface area (Å²) in [6, 6.07) is 6.14. The van der Waals surface area contributed by atoms with Crippen LogP contribution in [0.4, 0.5) is 5.69 Å². The van der Waals surface area contributed by atoms with Crippen molar-refractivity contribution in [3.05, 3.63) is 29.8 Å². The van der Waals surface area contributed by atoms with Gasteiger partial charge in [0, 0.05) is 5.69 Å². The van der Waals surface area contributed by atoms with Crippen molar-refractivity contribution in [2.75, 3.05) is 9.74 Å². The summed E-state index contributed by atoms with van der Waals surface area (Å²) in [7, 11) is 0. The van der Waals surface area contributed by atoms with E-state index >= 15 is 0 Å². The lowest BCUT2D eigenvalue weighted by molar-refractivity contribution is -0.113. The normalized spacial score (nSPS) is 9.50. The van der Waals surface area contributed by atoms with E-state index in [0.717, 1.165) is 0 Å². The fourth-order valence-corrected chi connectivity index (χ4v) is 1.12. The summed E-state index contributed by atoms with van der Waals surface area (Å²) in [4.78, 5) is 21.6. The summed E-state index contributed by atoms with van der Waals surface area (Å²) in [6.07, 6.45) is 0. The second kappa shape index (κ2) is 4.94. The molecule has 0 aliphatic rings. The number of carboxylic acid groups (broad SMARTS) is 1. The molecule has 1 aromatic rings. The van der Waals surface area contributed by atoms with Gasteiger partial charge in [-0.15, -0.1) is 0 Å². The van der Waals surface area contributed by atoms with E-state index in [2.05, 4.69) is 5.32 Å². The number of amides is 1. The van der Waals surface area contributed by atoms with Crippen LogP contribution in [0.1, 0.15) is 10.4 Å². The Morgan fingerprint density at radius 1 is 1.43 bits per heavy atom. The van der Waals surface area contributed by atoms with Crippen molar-refractivity contribution in [2.24, 2.45) is 0 Å². The zero-order valence-corrected chi connectivity index (χ0v) is 9.32. The number of alkyl halides is 1. The van der Waals surface area contributed by atoms with E-state index in [-0.39, 0.29) is 11.5 Å². The van der Waals surface area contributed by atoms with Gasteiger partial charge in [-0.25, -0.2) is 4.79 Å². The lowest BCUT2D eigenvalue weighted by atomic mass is 10.2. The van der Waals surface area contributed by atoms with Gasteiger partial charge in [0.2, 0.25) is 5.91 Å². The number of nitrogens with one attached hydrogen (secondary N) is 1. The Labute approximate surface area is 94.5 Å². The SMILES string of the molecule is O=C(CI)Nc1cccc(C(=O)O)c1. The number of hydrogen-bond donors (Lipinski definition) is 2. The smallest absolute Gasteiger partial charge is 0.335 e. The van der Waals surface area contributed by atoms with Crippen LogP contribution < -0.4 is 5.32 Å². The Balaban J connectivity index is 2.83. The zero-order chi connectivity index (χ0) is 10.6. The highest BCUT2D eigenvalue weighted by molar-refractivity contribution is 14.1. The molecular formula is C9H8INO3. The zero-order valence-electron chi connectivity index (χ0n) is 7.16. The van der Waals surface area contributed by atoms with Crippen LogP contribution in [0, 0.1) is 0 Å². The second-order valence-electron chi connectivity index (χ2n) is 2.57. The molecule has 0 bridgehead atoms. The van der Waals surface area contributed by atoms with Gasteiger partial charge < -0.3 is 10.4 Å². The third kappa shape index (κ3) is 2.99. The van der Waals surface area contributed by atoms with Crippen molar-refractivity contribution < 1.29 is 14.7 Å². The molecule has 0 heterocycles. The fourth-order valence-electron chi connectivity index (χ4n) is 0.924. The summed E-state index contributed by atoms with van der Waals surface area (Å²) >= 11 is 1.93. The van der Waals surface area contributed by atoms with E-state index in [1.165, 1.54) is 12.1 Å². The van der Waals surface area contributed by atoms with Crippen molar-refractivity contribution in [3.8, 4) is 0 Å². The molecule has 2 N–H and O–H groups in total. The average molecular weight is 305 g/mol. The molecule has 0 saturated carbocycles. The predicted molar refractivity (Wildman–Crippen MR) is 60.9 cm³/mol. The number of carbonyl (C=O) groups is 2. The molecule has 5 heteroatoms. The van der Waals surface area contributed by atoms with Crippen LogP contribution in [0.2, 0.25) is 0 Å². The van der Waals surface area contributed by atoms with Gasteiger partial charge >= 0.3 is 5.97 Å². The summed E-state index contributed by atoms with van der Waals surface area (Å²) in [5.41, 5.74) is 0.669. The van der Waals surface area contributed by atoms with Gasteiger partial charge in [0.05, 0.1) is 9.99 Å². The van der Waals surface area contributed by atoms with Crippen LogP contribution in [-0.4, -0.2) is 21.4 Å². The Bertz CT molecular complexity index is 365. The lowest BCUT2D eigenvalue weighted by Crippen LogP contribution is -2.12. The van der Waals surface area contributed by atoms with E-state index in [0.29, 0.717) is 10.1 Å². The van der Waals surface area contributed by atoms with Crippen LogP contribution in [0.3, 0.4) is 0 Å². The minimum Gasteiger partial charge on any atom is -0.478 e. The Kier molecular flexibility index (Phi) is 3.87. The van der Waals surface area contributed by atoms with E-state index < -0.39 is 5.97 Å². The lowest BCUT2D eigenvalue weighted by Gasteiger charge is -2.03. The Morgan fingerprint density at radius 3 is 2.71 bits per heavy atom. The van der Waals surface area contributed by atoms with Crippen molar-refractivity contribution in [3.63, 3.8) is 0 Å². The van der Waals surface area contributed by atoms with E-state index in [1.54, 1.807) is 12.1 Å². The molecule has 0 aromatic heterocycles. The topological polar surface area (TPSA) is 66.4 Å². The third-order valence-corrected chi connectivity index (χ3v) is 2.21. The first-order valence-corrected chi connectivity index (χ1v) is 5.35. The van der Waals surface area contributed by atoms with Crippen LogP contribution in [0.25, 0.3) is 0 Å². The van der Waals surface area contributed by atoms with Gasteiger partial charge in [-0.2, -0.15) is 0 Å². The van der Waals surface area contributed by atoms with Crippen molar-refractivity contribution in [2.45, 2.75) is 0 Å². The number of anilines is 1. The maximum atomic E-state index is 11.0. The van der Waals surface area contributed by atoms with Gasteiger partial charge in [0.1, 0.15) is 0 Å². The third-order valence-electron chi connectivity index (χ3n) is 1.51. The minimum absolute atomic E-state index is 0.145. The van der Waals surface area contributed by atoms with Crippen molar-refractivity contribution in [1.29, 1.82) is 0 Å². The minimum atomic E-state index is -1.00. The summed E-state index contributed by atoms with van der Waals surface area (Å²) in [6.45, 7) is 0. The van der Waals surface area contributed by atoms with Gasteiger partial charge in [-0.3, -0.25) is 4.79 Å². The molecule has 0 saturated heterocycles. The van der Waals surface area contributed by atoms with Gasteiger partial charge in [0.25, 0.3) is 0 Å². The van der Waals surface area contributed by atoms with Crippen LogP contribution in [-0.2, 0) is 4.79 Å². The molecule has 0 spiro atoms. The number of aromatic carboxylic acids is 1. The van der Waals surface area contributed by atoms with Crippen LogP contribution >= 0.6 is 22.6 Å². The highest BCUT2D eigenvalue weighted by atomic mass is 127. The Hall–Kier alpha value is -1.11. The largest absolute Gasteiger partial charge is 0.478 e. The van der Waals surface area contributed by atoms with Crippen LogP contribution in [0.15, 0.2) is 24.3 Å². The highest BCUT2D eigenvalue weighted by Crippen LogP contribution is 2.10. The van der Waals surface area contributed by atoms with Crippen molar-refractivity contribution in [1.82, 2.24) is 0 Å². The molecule has 14 heavy (non-hydrogen) atoms. The van der Waals surface area contributed by atoms with Crippen LogP contribution in [0.5, 0.6) is 0 Å². The molecular weight excluding hydrogens is 297 g/mol. The van der Waals surface area contributed by atoms with Gasteiger partial charge in [0.15, 0.2) is 0 Å². The number of hydrogen-bond acceptors (Lipinski definition) is 2. The van der Waals surface area contributed by atoms with E-state index in [1.807, 2.05) is 22.6 Å². The molecule has 0 atom stereocenters. The molecule has 0 radical (unpaired) electrons. The predicted octanol–water partition coefficient (Wildman–Crippen LogP) is 1.76. The number of benzene rings is 1. The van der Waals surface area contributed by atoms with Gasteiger partial charge in [-0.05, 0) is 18.2 Å². The van der Waals surface area contributed by atoms with E-state index in [9.17, 15) is 9.59 Å². The maximum absolute atomic E-state index is 11.0. The fraction of sp³-hybridized carbons (Fsp3) is 0.111. The molecule has 0 aliphatic heterocycles. The van der Waals surface area contributed by atoms with Crippen molar-refractivity contribution >= 4 is 40.2 Å². The average Bonchev–Trinajstić information content (AvgIpc) is 2.18. The summed E-state index contributed by atoms with van der Waals surface area (Å²) in [5, 5.41) is 11.3. The second-order valence-corrected chi connectivity index (χ2v) is 3.33. The Morgan fingerprint density at radius 2 is 2.14 bits per heavy atom. The molecule has 1 amide bonds. The summed E-state index contributed by atoms with van der Waals surface area (Å²) in [5.74, 6) is -1.15. The molecule has 1 aromatic carbocycles. The first-order chi connectivity index (χ1) is 6.63. The molecule has 0 aliphatic carbocycles. The standard InChI is InChI=1S/C9H8INO3/c10-5-8(12)11-7-3-1-2-6(4-7)9(13)14/h1-4H,5H2,(H,11,12)(H,13,14). The van der Waals surface area contributed by atoms with E-state index in [4.69, 9.17) is 5.11 Å².